The molecule has 28 heavy (non-hydrogen) atoms. The molecule has 0 saturated carbocycles. The zero-order valence-corrected chi connectivity index (χ0v) is 16.5. The molecular weight excluding hydrogens is 360 g/mol. The third kappa shape index (κ3) is 5.54. The molecule has 3 heterocycles. The monoisotopic (exact) mass is 390 g/mol. The van der Waals surface area contributed by atoms with Crippen molar-refractivity contribution in [3.05, 3.63) is 18.5 Å². The number of amides is 2. The fourth-order valence-corrected chi connectivity index (χ4v) is 3.63. The quantitative estimate of drug-likeness (QED) is 0.765. The Morgan fingerprint density at radius 1 is 1.07 bits per heavy atom. The molecule has 1 N–H and O–H groups in total. The Labute approximate surface area is 166 Å². The Morgan fingerprint density at radius 3 is 2.39 bits per heavy atom. The third-order valence-corrected chi connectivity index (χ3v) is 5.26. The zero-order valence-electron chi connectivity index (χ0n) is 16.5. The molecule has 0 radical (unpaired) electrons. The number of rotatable bonds is 6. The first-order chi connectivity index (χ1) is 13.7. The van der Waals surface area contributed by atoms with Crippen LogP contribution in [-0.2, 0) is 9.53 Å². The second-order valence-electron chi connectivity index (χ2n) is 7.08. The van der Waals surface area contributed by atoms with Gasteiger partial charge < -0.3 is 24.8 Å². The Morgan fingerprint density at radius 2 is 1.75 bits per heavy atom. The van der Waals surface area contributed by atoms with Crippen LogP contribution in [0.25, 0.3) is 0 Å². The molecule has 2 fully saturated rings. The van der Waals surface area contributed by atoms with E-state index in [0.29, 0.717) is 51.8 Å². The van der Waals surface area contributed by atoms with Gasteiger partial charge in [0.15, 0.2) is 0 Å². The van der Waals surface area contributed by atoms with Crippen molar-refractivity contribution < 1.29 is 14.3 Å². The van der Waals surface area contributed by atoms with Crippen LogP contribution >= 0.6 is 0 Å². The van der Waals surface area contributed by atoms with Crippen molar-refractivity contribution in [2.75, 3.05) is 57.3 Å². The van der Waals surface area contributed by atoms with E-state index in [1.54, 1.807) is 23.4 Å². The molecule has 2 saturated heterocycles. The molecule has 0 bridgehead atoms. The molecule has 0 aliphatic carbocycles. The van der Waals surface area contributed by atoms with Gasteiger partial charge in [0.2, 0.25) is 11.9 Å². The molecule has 0 aromatic carbocycles. The lowest BCUT2D eigenvalue weighted by Gasteiger charge is -2.35. The maximum atomic E-state index is 12.5. The number of nitrogens with one attached hydrogen (secondary N) is 1. The highest BCUT2D eigenvalue weighted by atomic mass is 16.6. The van der Waals surface area contributed by atoms with E-state index in [9.17, 15) is 9.59 Å². The van der Waals surface area contributed by atoms with Crippen molar-refractivity contribution in [3.63, 3.8) is 0 Å². The summed E-state index contributed by atoms with van der Waals surface area (Å²) in [6.45, 7) is 7.23. The molecule has 1 aromatic heterocycles. The normalized spacial score (nSPS) is 18.2. The molecule has 0 atom stereocenters. The van der Waals surface area contributed by atoms with Gasteiger partial charge in [-0.2, -0.15) is 0 Å². The van der Waals surface area contributed by atoms with Gasteiger partial charge in [0.25, 0.3) is 0 Å². The molecule has 2 amide bonds. The summed E-state index contributed by atoms with van der Waals surface area (Å²) in [5.74, 6) is 0.913. The number of carbonyl (C=O) groups excluding carboxylic acids is 2. The van der Waals surface area contributed by atoms with Gasteiger partial charge in [-0.3, -0.25) is 4.79 Å². The van der Waals surface area contributed by atoms with E-state index in [1.165, 1.54) is 0 Å². The lowest BCUT2D eigenvalue weighted by molar-refractivity contribution is -0.131. The van der Waals surface area contributed by atoms with Crippen LogP contribution in [-0.4, -0.2) is 90.2 Å². The number of hydrogen-bond donors (Lipinski definition) is 1. The van der Waals surface area contributed by atoms with Gasteiger partial charge in [-0.25, -0.2) is 14.8 Å². The van der Waals surface area contributed by atoms with Crippen molar-refractivity contribution in [1.82, 2.24) is 25.1 Å². The highest BCUT2D eigenvalue weighted by molar-refractivity contribution is 5.76. The number of hydrogen-bond acceptors (Lipinski definition) is 7. The van der Waals surface area contributed by atoms with Crippen molar-refractivity contribution in [2.45, 2.75) is 32.2 Å². The van der Waals surface area contributed by atoms with Crippen LogP contribution in [0.5, 0.6) is 0 Å². The lowest BCUT2D eigenvalue weighted by atomic mass is 10.1. The number of piperidine rings is 1. The second kappa shape index (κ2) is 10.2. The van der Waals surface area contributed by atoms with Crippen LogP contribution in [0.3, 0.4) is 0 Å². The Hall–Kier alpha value is -2.42. The fraction of sp³-hybridized carbons (Fsp3) is 0.684. The maximum absolute atomic E-state index is 12.5. The summed E-state index contributed by atoms with van der Waals surface area (Å²) in [6, 6.07) is 2.15. The summed E-state index contributed by atoms with van der Waals surface area (Å²) in [6.07, 6.45) is 5.54. The van der Waals surface area contributed by atoms with Crippen molar-refractivity contribution in [3.8, 4) is 0 Å². The van der Waals surface area contributed by atoms with Gasteiger partial charge in [0.1, 0.15) is 0 Å². The highest BCUT2D eigenvalue weighted by Gasteiger charge is 2.25. The summed E-state index contributed by atoms with van der Waals surface area (Å²) in [5, 5.41) is 3.46. The van der Waals surface area contributed by atoms with E-state index in [-0.39, 0.29) is 12.0 Å². The lowest BCUT2D eigenvalue weighted by Crippen LogP contribution is -2.50. The number of piperazine rings is 1. The minimum absolute atomic E-state index is 0.185. The van der Waals surface area contributed by atoms with E-state index >= 15 is 0 Å². The van der Waals surface area contributed by atoms with Crippen LogP contribution in [0, 0.1) is 0 Å². The molecule has 1 aromatic rings. The Balaban J connectivity index is 1.31. The van der Waals surface area contributed by atoms with Crippen LogP contribution < -0.4 is 10.2 Å². The molecule has 0 spiro atoms. The predicted molar refractivity (Wildman–Crippen MR) is 105 cm³/mol. The number of carbonyl (C=O) groups is 2. The molecule has 154 valence electrons. The van der Waals surface area contributed by atoms with Crippen molar-refractivity contribution in [2.24, 2.45) is 0 Å². The van der Waals surface area contributed by atoms with Gasteiger partial charge in [0.05, 0.1) is 6.61 Å². The number of aromatic nitrogens is 2. The second-order valence-corrected chi connectivity index (χ2v) is 7.08. The first-order valence-corrected chi connectivity index (χ1v) is 10.1. The average Bonchev–Trinajstić information content (AvgIpc) is 2.75. The molecule has 2 aliphatic rings. The minimum atomic E-state index is -0.226. The van der Waals surface area contributed by atoms with E-state index in [1.807, 2.05) is 11.8 Å². The number of nitrogens with zero attached hydrogens (tertiary/aromatic N) is 5. The summed E-state index contributed by atoms with van der Waals surface area (Å²) in [4.78, 5) is 38.5. The highest BCUT2D eigenvalue weighted by Crippen LogP contribution is 2.13. The largest absolute Gasteiger partial charge is 0.450 e. The zero-order chi connectivity index (χ0) is 19.8. The van der Waals surface area contributed by atoms with Gasteiger partial charge in [-0.05, 0) is 25.8 Å². The smallest absolute Gasteiger partial charge is 0.409 e. The summed E-state index contributed by atoms with van der Waals surface area (Å²) >= 11 is 0. The topological polar surface area (TPSA) is 90.9 Å². The molecule has 0 unspecified atom stereocenters. The first-order valence-electron chi connectivity index (χ1n) is 10.1. The van der Waals surface area contributed by atoms with Crippen molar-refractivity contribution in [1.29, 1.82) is 0 Å². The maximum Gasteiger partial charge on any atom is 0.409 e. The molecular formula is C19H30N6O3. The number of likely N-dealkylation sites (tertiary alicyclic amines) is 1. The van der Waals surface area contributed by atoms with E-state index in [4.69, 9.17) is 4.74 Å². The first kappa shape index (κ1) is 20.3. The third-order valence-electron chi connectivity index (χ3n) is 5.26. The molecule has 3 rings (SSSR count). The predicted octanol–water partition coefficient (Wildman–Crippen LogP) is 0.726. The molecule has 9 heteroatoms. The van der Waals surface area contributed by atoms with Crippen LogP contribution in [0.4, 0.5) is 10.7 Å². The van der Waals surface area contributed by atoms with Gasteiger partial charge in [-0.15, -0.1) is 0 Å². The average molecular weight is 390 g/mol. The van der Waals surface area contributed by atoms with Gasteiger partial charge >= 0.3 is 6.09 Å². The van der Waals surface area contributed by atoms with Crippen LogP contribution in [0.15, 0.2) is 18.5 Å². The van der Waals surface area contributed by atoms with Gasteiger partial charge in [0, 0.05) is 70.7 Å². The van der Waals surface area contributed by atoms with E-state index in [0.717, 1.165) is 31.9 Å². The number of anilines is 1. The van der Waals surface area contributed by atoms with E-state index < -0.39 is 0 Å². The Kier molecular flexibility index (Phi) is 7.41. The van der Waals surface area contributed by atoms with E-state index in [2.05, 4.69) is 20.2 Å². The molecule has 9 nitrogen and oxygen atoms in total. The van der Waals surface area contributed by atoms with Crippen molar-refractivity contribution >= 4 is 17.9 Å². The minimum Gasteiger partial charge on any atom is -0.450 e. The number of ether oxygens (including phenoxy) is 1. The van der Waals surface area contributed by atoms with Gasteiger partial charge in [-0.1, -0.05) is 0 Å². The molecule has 2 aliphatic heterocycles. The standard InChI is InChI=1S/C19H30N6O3/c1-2-28-19(27)25-10-5-16(6-11-25)20-9-4-17(26)23-12-14-24(15-13-23)18-21-7-3-8-22-18/h3,7-8,16,20H,2,4-6,9-15H2,1H3. The van der Waals surface area contributed by atoms with Crippen LogP contribution in [0.2, 0.25) is 0 Å². The summed E-state index contributed by atoms with van der Waals surface area (Å²) < 4.78 is 5.04. The SMILES string of the molecule is CCOC(=O)N1CCC(NCCC(=O)N2CCN(c3ncccn3)CC2)CC1. The summed E-state index contributed by atoms with van der Waals surface area (Å²) in [7, 11) is 0. The fourth-order valence-electron chi connectivity index (χ4n) is 3.63. The Bertz CT molecular complexity index is 628. The van der Waals surface area contributed by atoms with Crippen LogP contribution in [0.1, 0.15) is 26.2 Å². The summed E-state index contributed by atoms with van der Waals surface area (Å²) in [5.41, 5.74) is 0.